The van der Waals surface area contributed by atoms with Gasteiger partial charge in [0.05, 0.1) is 17.4 Å². The van der Waals surface area contributed by atoms with E-state index in [0.29, 0.717) is 13.0 Å². The highest BCUT2D eigenvalue weighted by atomic mass is 16.6. The van der Waals surface area contributed by atoms with E-state index in [1.807, 2.05) is 63.9 Å². The van der Waals surface area contributed by atoms with Gasteiger partial charge in [0.1, 0.15) is 17.9 Å². The molecule has 1 amide bonds. The van der Waals surface area contributed by atoms with E-state index in [9.17, 15) is 19.7 Å². The first-order valence-corrected chi connectivity index (χ1v) is 16.1. The number of anilines is 1. The van der Waals surface area contributed by atoms with E-state index in [1.54, 1.807) is 4.90 Å². The van der Waals surface area contributed by atoms with E-state index in [2.05, 4.69) is 14.9 Å². The highest BCUT2D eigenvalue weighted by molar-refractivity contribution is 5.85. The number of hydrogen-bond donors (Lipinski definition) is 0. The molecule has 1 aromatic heterocycles. The Labute approximate surface area is 270 Å². The number of hydrogen-bond acceptors (Lipinski definition) is 11. The number of nitro groups is 1. The van der Waals surface area contributed by atoms with Crippen LogP contribution in [0.5, 0.6) is 6.01 Å². The molecular weight excluding hydrogens is 592 g/mol. The zero-order valence-electron chi connectivity index (χ0n) is 27.8. The second kappa shape index (κ2) is 13.4. The Morgan fingerprint density at radius 2 is 1.89 bits per heavy atom. The zero-order chi connectivity index (χ0) is 33.2. The Morgan fingerprint density at radius 3 is 2.54 bits per heavy atom. The number of piperazine rings is 1. The summed E-state index contributed by atoms with van der Waals surface area (Å²) in [6, 6.07) is 7.58. The van der Waals surface area contributed by atoms with Gasteiger partial charge in [-0.25, -0.2) is 4.79 Å². The van der Waals surface area contributed by atoms with E-state index in [1.165, 1.54) is 7.11 Å². The molecule has 250 valence electrons. The fraction of sp³-hybridized carbons (Fsp3) is 0.636. The van der Waals surface area contributed by atoms with Gasteiger partial charge in [-0.15, -0.1) is 0 Å². The van der Waals surface area contributed by atoms with Crippen LogP contribution in [0.1, 0.15) is 70.2 Å². The molecule has 2 aliphatic heterocycles. The van der Waals surface area contributed by atoms with Gasteiger partial charge in [-0.1, -0.05) is 24.3 Å². The predicted molar refractivity (Wildman–Crippen MR) is 171 cm³/mol. The van der Waals surface area contributed by atoms with E-state index in [-0.39, 0.29) is 61.3 Å². The van der Waals surface area contributed by atoms with Crippen LogP contribution in [0, 0.1) is 10.1 Å². The lowest BCUT2D eigenvalue weighted by atomic mass is 9.67. The Bertz CT molecular complexity index is 1460. The third kappa shape index (κ3) is 6.89. The minimum atomic E-state index is -1.16. The third-order valence-corrected chi connectivity index (χ3v) is 9.36. The minimum Gasteiger partial charge on any atom is -0.468 e. The summed E-state index contributed by atoms with van der Waals surface area (Å²) in [6.45, 7) is 9.49. The summed E-state index contributed by atoms with van der Waals surface area (Å²) in [7, 11) is 3.39. The van der Waals surface area contributed by atoms with Gasteiger partial charge in [0.15, 0.2) is 0 Å². The molecule has 0 radical (unpaired) electrons. The zero-order valence-corrected chi connectivity index (χ0v) is 27.8. The summed E-state index contributed by atoms with van der Waals surface area (Å²) in [6.07, 6.45) is 3.53. The monoisotopic (exact) mass is 638 g/mol. The van der Waals surface area contributed by atoms with Crippen LogP contribution in [0.25, 0.3) is 0 Å². The molecule has 0 bridgehead atoms. The number of ether oxygens (including phenoxy) is 3. The predicted octanol–water partition coefficient (Wildman–Crippen LogP) is 4.29. The first kappa shape index (κ1) is 33.4. The minimum absolute atomic E-state index is 0.0294. The largest absolute Gasteiger partial charge is 0.468 e. The lowest BCUT2D eigenvalue weighted by molar-refractivity contribution is -0.385. The molecule has 0 N–H and O–H groups in total. The molecule has 3 heterocycles. The van der Waals surface area contributed by atoms with Gasteiger partial charge in [-0.2, -0.15) is 9.97 Å². The first-order valence-electron chi connectivity index (χ1n) is 16.1. The van der Waals surface area contributed by atoms with Crippen molar-refractivity contribution in [1.29, 1.82) is 0 Å². The second-order valence-electron chi connectivity index (χ2n) is 13.7. The lowest BCUT2D eigenvalue weighted by Crippen LogP contribution is -2.55. The topological polar surface area (TPSA) is 140 Å². The Balaban J connectivity index is 1.56. The standard InChI is InChI=1S/C33H46N6O7/c1-22-20-37(31(41)46-32(2,3)4)17-18-38(22)28-27(39(42)43)26(34-30(35-28)45-21-24-13-10-16-36(24)5)19-33(29(40)44-6)15-9-12-23-11-7-8-14-25(23)33/h7-8,11,14,22,24H,9-10,12-13,15-21H2,1-6H3/t22-,24-,33?/m0/s1. The molecule has 3 atom stereocenters. The number of likely N-dealkylation sites (N-methyl/N-ethyl adjacent to an activating group) is 1. The maximum atomic E-state index is 13.7. The van der Waals surface area contributed by atoms with Crippen LogP contribution >= 0.6 is 0 Å². The van der Waals surface area contributed by atoms with Crippen LogP contribution in [-0.4, -0.2) is 101 Å². The number of aromatic nitrogens is 2. The van der Waals surface area contributed by atoms with Crippen molar-refractivity contribution in [3.8, 4) is 6.01 Å². The molecule has 13 nitrogen and oxygen atoms in total. The molecule has 1 unspecified atom stereocenters. The molecule has 1 aliphatic carbocycles. The van der Waals surface area contributed by atoms with Crippen LogP contribution in [0.3, 0.4) is 0 Å². The summed E-state index contributed by atoms with van der Waals surface area (Å²) in [4.78, 5) is 53.9. The van der Waals surface area contributed by atoms with Gasteiger partial charge >= 0.3 is 23.8 Å². The third-order valence-electron chi connectivity index (χ3n) is 9.36. The Kier molecular flexibility index (Phi) is 9.71. The van der Waals surface area contributed by atoms with Gasteiger partial charge in [-0.3, -0.25) is 14.9 Å². The molecule has 2 aromatic rings. The van der Waals surface area contributed by atoms with Crippen molar-refractivity contribution in [1.82, 2.24) is 19.8 Å². The SMILES string of the molecule is COC(=O)C1(Cc2nc(OC[C@@H]3CCCN3C)nc(N3CCN(C(=O)OC(C)(C)C)C[C@@H]3C)c2[N+](=O)[O-])CCCc2ccccc21. The number of amides is 1. The fourth-order valence-electron chi connectivity index (χ4n) is 7.04. The molecule has 13 heteroatoms. The second-order valence-corrected chi connectivity index (χ2v) is 13.7. The molecule has 2 saturated heterocycles. The van der Waals surface area contributed by atoms with Crippen LogP contribution in [0.15, 0.2) is 24.3 Å². The van der Waals surface area contributed by atoms with Crippen molar-refractivity contribution in [3.63, 3.8) is 0 Å². The van der Waals surface area contributed by atoms with E-state index < -0.39 is 28.0 Å². The summed E-state index contributed by atoms with van der Waals surface area (Å²) < 4.78 is 17.1. The summed E-state index contributed by atoms with van der Waals surface area (Å²) in [5, 5.41) is 12.9. The number of esters is 1. The average Bonchev–Trinajstić information content (AvgIpc) is 3.42. The Hall–Kier alpha value is -4.00. The molecule has 0 spiro atoms. The van der Waals surface area contributed by atoms with Crippen molar-refractivity contribution in [3.05, 3.63) is 51.2 Å². The number of fused-ring (bicyclic) bond motifs is 1. The van der Waals surface area contributed by atoms with Crippen LogP contribution in [0.2, 0.25) is 0 Å². The van der Waals surface area contributed by atoms with Gasteiger partial charge in [0.2, 0.25) is 5.82 Å². The van der Waals surface area contributed by atoms with Crippen LogP contribution in [0.4, 0.5) is 16.3 Å². The highest BCUT2D eigenvalue weighted by Gasteiger charge is 2.47. The molecule has 1 aromatic carbocycles. The fourth-order valence-corrected chi connectivity index (χ4v) is 7.04. The lowest BCUT2D eigenvalue weighted by Gasteiger charge is -2.40. The Morgan fingerprint density at radius 1 is 1.13 bits per heavy atom. The van der Waals surface area contributed by atoms with Crippen molar-refractivity contribution in [2.75, 3.05) is 51.8 Å². The molecule has 46 heavy (non-hydrogen) atoms. The number of carbonyl (C=O) groups is 2. The van der Waals surface area contributed by atoms with E-state index in [4.69, 9.17) is 14.2 Å². The molecule has 2 fully saturated rings. The maximum Gasteiger partial charge on any atom is 0.410 e. The van der Waals surface area contributed by atoms with Crippen LogP contribution in [-0.2, 0) is 32.5 Å². The normalized spacial score (nSPS) is 23.5. The first-order chi connectivity index (χ1) is 21.8. The number of likely N-dealkylation sites (tertiary alicyclic amines) is 1. The van der Waals surface area contributed by atoms with Gasteiger partial charge in [0.25, 0.3) is 0 Å². The van der Waals surface area contributed by atoms with E-state index in [0.717, 1.165) is 43.4 Å². The van der Waals surface area contributed by atoms with Gasteiger partial charge < -0.3 is 28.9 Å². The quantitative estimate of drug-likeness (QED) is 0.232. The number of methoxy groups -OCH3 is 1. The van der Waals surface area contributed by atoms with E-state index >= 15 is 0 Å². The molecule has 0 saturated carbocycles. The van der Waals surface area contributed by atoms with Crippen molar-refractivity contribution in [2.24, 2.45) is 0 Å². The molecule has 3 aliphatic rings. The van der Waals surface area contributed by atoms with Crippen LogP contribution < -0.4 is 9.64 Å². The number of rotatable bonds is 8. The number of nitrogens with zero attached hydrogens (tertiary/aromatic N) is 6. The number of benzene rings is 1. The number of carbonyl (C=O) groups excluding carboxylic acids is 2. The smallest absolute Gasteiger partial charge is 0.410 e. The summed E-state index contributed by atoms with van der Waals surface area (Å²) in [5.41, 5.74) is -0.141. The maximum absolute atomic E-state index is 13.7. The molecule has 5 rings (SSSR count). The van der Waals surface area contributed by atoms with Gasteiger partial charge in [-0.05, 0) is 84.5 Å². The summed E-state index contributed by atoms with van der Waals surface area (Å²) >= 11 is 0. The van der Waals surface area contributed by atoms with Crippen molar-refractivity contribution in [2.45, 2.75) is 89.3 Å². The van der Waals surface area contributed by atoms with Crippen molar-refractivity contribution >= 4 is 23.6 Å². The summed E-state index contributed by atoms with van der Waals surface area (Å²) in [5.74, 6) is -0.339. The molecular formula is C33H46N6O7. The highest BCUT2D eigenvalue weighted by Crippen LogP contribution is 2.44. The number of aryl methyl sites for hydroxylation is 1. The van der Waals surface area contributed by atoms with Gasteiger partial charge in [0, 0.05) is 38.1 Å². The van der Waals surface area contributed by atoms with Crippen molar-refractivity contribution < 1.29 is 28.7 Å². The average molecular weight is 639 g/mol.